The van der Waals surface area contributed by atoms with Crippen molar-refractivity contribution < 1.29 is 28.6 Å². The first-order valence-electron chi connectivity index (χ1n) is 23.5. The van der Waals surface area contributed by atoms with E-state index in [1.54, 1.807) is 0 Å². The summed E-state index contributed by atoms with van der Waals surface area (Å²) in [5.41, 5.74) is 0. The molecule has 0 spiro atoms. The molecule has 0 N–H and O–H groups in total. The van der Waals surface area contributed by atoms with E-state index in [-0.39, 0.29) is 31.1 Å². The molecule has 0 aliphatic carbocycles. The molecule has 0 heterocycles. The zero-order valence-corrected chi connectivity index (χ0v) is 36.4. The van der Waals surface area contributed by atoms with Crippen LogP contribution in [-0.4, -0.2) is 37.2 Å². The van der Waals surface area contributed by atoms with Gasteiger partial charge in [-0.05, 0) is 83.5 Å². The maximum atomic E-state index is 12.7. The molecule has 6 heteroatoms. The number of esters is 3. The molecule has 1 unspecified atom stereocenters. The number of carbonyl (C=O) groups is 3. The summed E-state index contributed by atoms with van der Waals surface area (Å²) in [4.78, 5) is 37.7. The van der Waals surface area contributed by atoms with E-state index in [1.807, 2.05) is 0 Å². The fraction of sp³-hybridized carbons (Fsp3) is 0.816. The molecule has 0 bridgehead atoms. The van der Waals surface area contributed by atoms with Crippen molar-refractivity contribution in [2.45, 2.75) is 245 Å². The van der Waals surface area contributed by atoms with Gasteiger partial charge in [-0.3, -0.25) is 14.4 Å². The van der Waals surface area contributed by atoms with Gasteiger partial charge >= 0.3 is 17.9 Å². The maximum Gasteiger partial charge on any atom is 0.306 e. The third-order valence-electron chi connectivity index (χ3n) is 10.1. The van der Waals surface area contributed by atoms with Gasteiger partial charge in [0, 0.05) is 19.3 Å². The predicted molar refractivity (Wildman–Crippen MR) is 233 cm³/mol. The summed E-state index contributed by atoms with van der Waals surface area (Å²) in [6.07, 6.45) is 49.8. The topological polar surface area (TPSA) is 78.9 Å². The molecular formula is C49H88O6. The Morgan fingerprint density at radius 3 is 1.04 bits per heavy atom. The second-order valence-corrected chi connectivity index (χ2v) is 15.7. The summed E-state index contributed by atoms with van der Waals surface area (Å²) in [6.45, 7) is 6.51. The molecule has 0 aliphatic rings. The second kappa shape index (κ2) is 44.3. The van der Waals surface area contributed by atoms with Crippen LogP contribution in [0, 0.1) is 0 Å². The molecule has 0 amide bonds. The molecule has 0 aliphatic heterocycles. The third-order valence-corrected chi connectivity index (χ3v) is 10.1. The Kier molecular flexibility index (Phi) is 42.4. The van der Waals surface area contributed by atoms with E-state index >= 15 is 0 Å². The average molecular weight is 773 g/mol. The van der Waals surface area contributed by atoms with Crippen LogP contribution in [0.15, 0.2) is 36.5 Å². The summed E-state index contributed by atoms with van der Waals surface area (Å²) in [7, 11) is 0. The van der Waals surface area contributed by atoms with Crippen LogP contribution in [0.1, 0.15) is 239 Å². The standard InChI is InChI=1S/C49H88O6/c1-4-7-10-13-16-19-22-23-24-25-26-28-30-33-36-39-42-48(51)54-45-46(44-53-47(50)41-38-35-32-29-21-18-15-12-9-6-3)55-49(52)43-40-37-34-31-27-20-17-14-11-8-5-2/h12,14-15,17,24-25,46H,4-11,13,16,18-23,26-45H2,1-3H3/b15-12-,17-14-,25-24-. The minimum atomic E-state index is -0.778. The average Bonchev–Trinajstić information content (AvgIpc) is 3.18. The number of allylic oxidation sites excluding steroid dienone is 6. The van der Waals surface area contributed by atoms with E-state index in [2.05, 4.69) is 57.2 Å². The Morgan fingerprint density at radius 1 is 0.345 bits per heavy atom. The molecule has 320 valence electrons. The van der Waals surface area contributed by atoms with Crippen molar-refractivity contribution >= 4 is 17.9 Å². The van der Waals surface area contributed by atoms with E-state index in [4.69, 9.17) is 14.2 Å². The van der Waals surface area contributed by atoms with Gasteiger partial charge in [-0.15, -0.1) is 0 Å². The number of hydrogen-bond acceptors (Lipinski definition) is 6. The van der Waals surface area contributed by atoms with Crippen molar-refractivity contribution in [3.63, 3.8) is 0 Å². The van der Waals surface area contributed by atoms with Crippen molar-refractivity contribution in [2.75, 3.05) is 13.2 Å². The smallest absolute Gasteiger partial charge is 0.306 e. The largest absolute Gasteiger partial charge is 0.462 e. The highest BCUT2D eigenvalue weighted by molar-refractivity contribution is 5.71. The molecule has 0 fully saturated rings. The molecule has 55 heavy (non-hydrogen) atoms. The van der Waals surface area contributed by atoms with Crippen LogP contribution in [-0.2, 0) is 28.6 Å². The molecule has 6 nitrogen and oxygen atoms in total. The van der Waals surface area contributed by atoms with Crippen LogP contribution < -0.4 is 0 Å². The summed E-state index contributed by atoms with van der Waals surface area (Å²) >= 11 is 0. The molecule has 0 saturated heterocycles. The summed E-state index contributed by atoms with van der Waals surface area (Å²) in [5.74, 6) is -0.909. The molecule has 0 radical (unpaired) electrons. The van der Waals surface area contributed by atoms with Gasteiger partial charge in [0.15, 0.2) is 6.10 Å². The van der Waals surface area contributed by atoms with Gasteiger partial charge in [0.25, 0.3) is 0 Å². The van der Waals surface area contributed by atoms with Crippen molar-refractivity contribution in [3.8, 4) is 0 Å². The van der Waals surface area contributed by atoms with Gasteiger partial charge in [0.05, 0.1) is 0 Å². The Morgan fingerprint density at radius 2 is 0.655 bits per heavy atom. The molecule has 0 aromatic rings. The number of hydrogen-bond donors (Lipinski definition) is 0. The van der Waals surface area contributed by atoms with Gasteiger partial charge in [-0.1, -0.05) is 173 Å². The van der Waals surface area contributed by atoms with Crippen LogP contribution in [0.2, 0.25) is 0 Å². The van der Waals surface area contributed by atoms with Crippen molar-refractivity contribution in [3.05, 3.63) is 36.5 Å². The zero-order valence-electron chi connectivity index (χ0n) is 36.4. The van der Waals surface area contributed by atoms with Gasteiger partial charge < -0.3 is 14.2 Å². The van der Waals surface area contributed by atoms with Crippen LogP contribution in [0.5, 0.6) is 0 Å². The fourth-order valence-corrected chi connectivity index (χ4v) is 6.48. The lowest BCUT2D eigenvalue weighted by molar-refractivity contribution is -0.167. The van der Waals surface area contributed by atoms with E-state index in [1.165, 1.54) is 109 Å². The van der Waals surface area contributed by atoms with Crippen molar-refractivity contribution in [2.24, 2.45) is 0 Å². The quantitative estimate of drug-likeness (QED) is 0.0266. The molecule has 1 atom stereocenters. The highest BCUT2D eigenvalue weighted by Crippen LogP contribution is 2.14. The molecule has 0 aromatic carbocycles. The lowest BCUT2D eigenvalue weighted by atomic mass is 10.1. The van der Waals surface area contributed by atoms with Gasteiger partial charge in [-0.25, -0.2) is 0 Å². The summed E-state index contributed by atoms with van der Waals surface area (Å²) < 4.78 is 16.7. The molecule has 0 aromatic heterocycles. The van der Waals surface area contributed by atoms with Crippen molar-refractivity contribution in [1.29, 1.82) is 0 Å². The molecule has 0 rings (SSSR count). The zero-order chi connectivity index (χ0) is 40.1. The highest BCUT2D eigenvalue weighted by atomic mass is 16.6. The normalized spacial score (nSPS) is 12.3. The number of unbranched alkanes of at least 4 members (excludes halogenated alkanes) is 25. The SMILES string of the molecule is CCC/C=C\CCCCCCCC(=O)OCC(COC(=O)CCCCCCC/C=C\CCCCCCCCC)OC(=O)CCCCCCC/C=C\CCCC. The first kappa shape index (κ1) is 52.6. The minimum absolute atomic E-state index is 0.0818. The van der Waals surface area contributed by atoms with E-state index in [0.717, 1.165) is 89.9 Å². The maximum absolute atomic E-state index is 12.7. The molecular weight excluding hydrogens is 685 g/mol. The Balaban J connectivity index is 4.35. The van der Waals surface area contributed by atoms with E-state index in [0.29, 0.717) is 19.3 Å². The second-order valence-electron chi connectivity index (χ2n) is 15.7. The Bertz CT molecular complexity index is 938. The lowest BCUT2D eigenvalue weighted by Gasteiger charge is -2.18. The minimum Gasteiger partial charge on any atom is -0.462 e. The fourth-order valence-electron chi connectivity index (χ4n) is 6.48. The van der Waals surface area contributed by atoms with Crippen LogP contribution in [0.3, 0.4) is 0 Å². The van der Waals surface area contributed by atoms with Gasteiger partial charge in [-0.2, -0.15) is 0 Å². The monoisotopic (exact) mass is 773 g/mol. The summed E-state index contributed by atoms with van der Waals surface area (Å²) in [6, 6.07) is 0. The van der Waals surface area contributed by atoms with Gasteiger partial charge in [0.1, 0.15) is 13.2 Å². The van der Waals surface area contributed by atoms with E-state index in [9.17, 15) is 14.4 Å². The van der Waals surface area contributed by atoms with Crippen LogP contribution in [0.25, 0.3) is 0 Å². The van der Waals surface area contributed by atoms with Crippen molar-refractivity contribution in [1.82, 2.24) is 0 Å². The Labute approximate surface area is 340 Å². The highest BCUT2D eigenvalue weighted by Gasteiger charge is 2.19. The lowest BCUT2D eigenvalue weighted by Crippen LogP contribution is -2.30. The molecule has 0 saturated carbocycles. The predicted octanol–water partition coefficient (Wildman–Crippen LogP) is 15.0. The van der Waals surface area contributed by atoms with E-state index < -0.39 is 6.10 Å². The number of carbonyl (C=O) groups excluding carboxylic acids is 3. The number of rotatable bonds is 42. The first-order chi connectivity index (χ1) is 27.0. The Hall–Kier alpha value is -2.37. The first-order valence-corrected chi connectivity index (χ1v) is 23.5. The van der Waals surface area contributed by atoms with Crippen LogP contribution >= 0.6 is 0 Å². The third kappa shape index (κ3) is 42.6. The number of ether oxygens (including phenoxy) is 3. The van der Waals surface area contributed by atoms with Crippen LogP contribution in [0.4, 0.5) is 0 Å². The van der Waals surface area contributed by atoms with Gasteiger partial charge in [0.2, 0.25) is 0 Å². The summed E-state index contributed by atoms with van der Waals surface area (Å²) in [5, 5.41) is 0.